The summed E-state index contributed by atoms with van der Waals surface area (Å²) >= 11 is 12.5. The van der Waals surface area contributed by atoms with Gasteiger partial charge in [0, 0.05) is 7.05 Å². The number of amides is 1. The number of anilines is 1. The molecule has 3 N–H and O–H groups in total. The molecule has 1 aromatic carbocycles. The lowest BCUT2D eigenvalue weighted by Gasteiger charge is -2.27. The standard InChI is InChI=1S/C15H19Cl2N5O5S/c1-19-13(23)8(18)6-22(28(4,24)25)12-10(17)7(16)5-9-11(12)21-15(27-3)14(20-9)26-2/h5,8H,6,18H2,1-4H3,(H,19,23). The topological polar surface area (TPSA) is 137 Å². The summed E-state index contributed by atoms with van der Waals surface area (Å²) in [6.45, 7) is -0.399. The number of rotatable bonds is 7. The number of nitrogens with two attached hydrogens (primary N) is 1. The van der Waals surface area contributed by atoms with Crippen LogP contribution in [0.4, 0.5) is 5.69 Å². The molecule has 0 aliphatic carbocycles. The minimum Gasteiger partial charge on any atom is -0.477 e. The summed E-state index contributed by atoms with van der Waals surface area (Å²) in [5.74, 6) is -0.465. The fourth-order valence-corrected chi connectivity index (χ4v) is 3.85. The van der Waals surface area contributed by atoms with E-state index in [1.54, 1.807) is 0 Å². The molecule has 0 radical (unpaired) electrons. The number of sulfonamides is 1. The van der Waals surface area contributed by atoms with Gasteiger partial charge >= 0.3 is 0 Å². The van der Waals surface area contributed by atoms with Crippen LogP contribution in [0, 0.1) is 0 Å². The minimum absolute atomic E-state index is 0.0127. The second-order valence-electron chi connectivity index (χ2n) is 5.65. The normalized spacial score (nSPS) is 12.5. The Kier molecular flexibility index (Phi) is 6.75. The number of nitrogens with zero attached hydrogens (tertiary/aromatic N) is 3. The molecule has 0 aliphatic heterocycles. The Labute approximate surface area is 172 Å². The second-order valence-corrected chi connectivity index (χ2v) is 8.34. The van der Waals surface area contributed by atoms with Gasteiger partial charge in [0.2, 0.25) is 15.9 Å². The Bertz CT molecular complexity index is 1020. The quantitative estimate of drug-likeness (QED) is 0.629. The van der Waals surface area contributed by atoms with Gasteiger partial charge < -0.3 is 20.5 Å². The van der Waals surface area contributed by atoms with Crippen LogP contribution in [0.1, 0.15) is 0 Å². The molecule has 0 saturated carbocycles. The molecule has 1 amide bonds. The van der Waals surface area contributed by atoms with Crippen LogP contribution in [0.3, 0.4) is 0 Å². The van der Waals surface area contributed by atoms with E-state index in [1.807, 2.05) is 0 Å². The molecular formula is C15H19Cl2N5O5S. The summed E-state index contributed by atoms with van der Waals surface area (Å²) in [6.07, 6.45) is 0.945. The maximum Gasteiger partial charge on any atom is 0.278 e. The zero-order valence-electron chi connectivity index (χ0n) is 15.5. The van der Waals surface area contributed by atoms with Crippen molar-refractivity contribution in [1.82, 2.24) is 15.3 Å². The number of carbonyl (C=O) groups is 1. The highest BCUT2D eigenvalue weighted by Crippen LogP contribution is 2.41. The smallest absolute Gasteiger partial charge is 0.278 e. The predicted molar refractivity (Wildman–Crippen MR) is 107 cm³/mol. The number of ether oxygens (including phenoxy) is 2. The molecule has 10 nitrogen and oxygen atoms in total. The Morgan fingerprint density at radius 1 is 1.29 bits per heavy atom. The fraction of sp³-hybridized carbons (Fsp3) is 0.400. The van der Waals surface area contributed by atoms with Gasteiger partial charge in [-0.1, -0.05) is 23.2 Å². The van der Waals surface area contributed by atoms with Crippen LogP contribution in [0.2, 0.25) is 10.0 Å². The summed E-state index contributed by atoms with van der Waals surface area (Å²) in [5.41, 5.74) is 6.05. The lowest BCUT2D eigenvalue weighted by molar-refractivity contribution is -0.121. The van der Waals surface area contributed by atoms with Crippen LogP contribution in [-0.4, -0.2) is 64.4 Å². The van der Waals surface area contributed by atoms with E-state index in [1.165, 1.54) is 27.3 Å². The van der Waals surface area contributed by atoms with E-state index >= 15 is 0 Å². The van der Waals surface area contributed by atoms with E-state index in [0.29, 0.717) is 0 Å². The number of likely N-dealkylation sites (N-methyl/N-ethyl adjacent to an activating group) is 1. The first-order valence-corrected chi connectivity index (χ1v) is 10.4. The molecule has 154 valence electrons. The molecule has 0 saturated heterocycles. The summed E-state index contributed by atoms with van der Waals surface area (Å²) in [7, 11) is 0.185. The highest BCUT2D eigenvalue weighted by Gasteiger charge is 2.30. The van der Waals surface area contributed by atoms with Gasteiger partial charge in [0.1, 0.15) is 11.6 Å². The van der Waals surface area contributed by atoms with Gasteiger partial charge in [-0.2, -0.15) is 0 Å². The van der Waals surface area contributed by atoms with E-state index in [4.69, 9.17) is 38.4 Å². The Hall–Kier alpha value is -2.08. The van der Waals surface area contributed by atoms with Crippen molar-refractivity contribution < 1.29 is 22.7 Å². The van der Waals surface area contributed by atoms with E-state index in [-0.39, 0.29) is 38.5 Å². The monoisotopic (exact) mass is 451 g/mol. The molecule has 2 aromatic rings. The van der Waals surface area contributed by atoms with Crippen LogP contribution in [0.5, 0.6) is 11.8 Å². The molecule has 2 rings (SSSR count). The van der Waals surface area contributed by atoms with Crippen LogP contribution in [-0.2, 0) is 14.8 Å². The Balaban J connectivity index is 2.82. The molecule has 0 fully saturated rings. The highest BCUT2D eigenvalue weighted by molar-refractivity contribution is 7.92. The van der Waals surface area contributed by atoms with Gasteiger partial charge in [-0.15, -0.1) is 0 Å². The number of aromatic nitrogens is 2. The zero-order chi connectivity index (χ0) is 21.2. The summed E-state index contributed by atoms with van der Waals surface area (Å²) < 4.78 is 36.1. The van der Waals surface area contributed by atoms with Gasteiger partial charge in [0.15, 0.2) is 0 Å². The Morgan fingerprint density at radius 2 is 1.86 bits per heavy atom. The molecule has 0 bridgehead atoms. The van der Waals surface area contributed by atoms with Crippen molar-refractivity contribution in [3.63, 3.8) is 0 Å². The molecule has 13 heteroatoms. The first-order valence-electron chi connectivity index (χ1n) is 7.77. The van der Waals surface area contributed by atoms with Crippen molar-refractivity contribution in [2.24, 2.45) is 5.73 Å². The lowest BCUT2D eigenvalue weighted by atomic mass is 10.2. The summed E-state index contributed by atoms with van der Waals surface area (Å²) in [6, 6.07) is 0.245. The van der Waals surface area contributed by atoms with Crippen molar-refractivity contribution >= 4 is 55.9 Å². The maximum atomic E-state index is 12.5. The van der Waals surface area contributed by atoms with Crippen LogP contribution >= 0.6 is 23.2 Å². The van der Waals surface area contributed by atoms with Crippen LogP contribution < -0.4 is 24.8 Å². The molecule has 1 unspecified atom stereocenters. The third kappa shape index (κ3) is 4.32. The van der Waals surface area contributed by atoms with Gasteiger partial charge in [-0.25, -0.2) is 18.4 Å². The number of methoxy groups -OCH3 is 2. The number of fused-ring (bicyclic) bond motifs is 1. The third-order valence-corrected chi connectivity index (χ3v) is 5.66. The van der Waals surface area contributed by atoms with E-state index in [0.717, 1.165) is 10.6 Å². The SMILES string of the molecule is CNC(=O)C(N)CN(c1c(Cl)c(Cl)cc2nc(OC)c(OC)nc12)S(C)(=O)=O. The summed E-state index contributed by atoms with van der Waals surface area (Å²) in [5, 5.41) is 2.30. The number of halogens is 2. The molecule has 0 spiro atoms. The molecule has 1 atom stereocenters. The summed E-state index contributed by atoms with van der Waals surface area (Å²) in [4.78, 5) is 20.3. The van der Waals surface area contributed by atoms with Gasteiger partial charge in [0.05, 0.1) is 48.3 Å². The van der Waals surface area contributed by atoms with E-state index in [9.17, 15) is 13.2 Å². The highest BCUT2D eigenvalue weighted by atomic mass is 35.5. The van der Waals surface area contributed by atoms with Crippen molar-refractivity contribution in [2.45, 2.75) is 6.04 Å². The molecule has 1 heterocycles. The van der Waals surface area contributed by atoms with Gasteiger partial charge in [-0.3, -0.25) is 9.10 Å². The Morgan fingerprint density at radius 3 is 2.36 bits per heavy atom. The van der Waals surface area contributed by atoms with Crippen molar-refractivity contribution in [2.75, 3.05) is 38.4 Å². The predicted octanol–water partition coefficient (Wildman–Crippen LogP) is 0.793. The van der Waals surface area contributed by atoms with Crippen molar-refractivity contribution in [1.29, 1.82) is 0 Å². The van der Waals surface area contributed by atoms with E-state index < -0.39 is 28.5 Å². The number of hydrogen-bond donors (Lipinski definition) is 2. The minimum atomic E-state index is -3.93. The van der Waals surface area contributed by atoms with Crippen molar-refractivity contribution in [3.8, 4) is 11.8 Å². The van der Waals surface area contributed by atoms with Gasteiger partial charge in [-0.05, 0) is 6.07 Å². The van der Waals surface area contributed by atoms with E-state index in [2.05, 4.69) is 15.3 Å². The molecular weight excluding hydrogens is 433 g/mol. The second kappa shape index (κ2) is 8.52. The first-order chi connectivity index (χ1) is 13.0. The average Bonchev–Trinajstić information content (AvgIpc) is 2.65. The largest absolute Gasteiger partial charge is 0.477 e. The first kappa shape index (κ1) is 22.2. The van der Waals surface area contributed by atoms with Gasteiger partial charge in [0.25, 0.3) is 11.8 Å². The maximum absolute atomic E-state index is 12.5. The number of benzene rings is 1. The van der Waals surface area contributed by atoms with Crippen molar-refractivity contribution in [3.05, 3.63) is 16.1 Å². The van der Waals surface area contributed by atoms with Crippen LogP contribution in [0.25, 0.3) is 11.0 Å². The molecule has 28 heavy (non-hydrogen) atoms. The number of carbonyl (C=O) groups excluding carboxylic acids is 1. The van der Waals surface area contributed by atoms with Crippen LogP contribution in [0.15, 0.2) is 6.07 Å². The average molecular weight is 452 g/mol. The third-order valence-electron chi connectivity index (χ3n) is 3.75. The number of hydrogen-bond acceptors (Lipinski definition) is 8. The lowest BCUT2D eigenvalue weighted by Crippen LogP contribution is -2.48. The molecule has 0 aliphatic rings. The number of nitrogens with one attached hydrogen (secondary N) is 1. The molecule has 1 aromatic heterocycles. The zero-order valence-corrected chi connectivity index (χ0v) is 17.8. The fourth-order valence-electron chi connectivity index (χ4n) is 2.43.